The van der Waals surface area contributed by atoms with Crippen molar-refractivity contribution < 1.29 is 14.3 Å². The summed E-state index contributed by atoms with van der Waals surface area (Å²) in [6.07, 6.45) is 0. The molecule has 1 amide bonds. The molecule has 0 bridgehead atoms. The summed E-state index contributed by atoms with van der Waals surface area (Å²) >= 11 is 3.40. The Morgan fingerprint density at radius 3 is 2.33 bits per heavy atom. The second-order valence-electron chi connectivity index (χ2n) is 5.33. The van der Waals surface area contributed by atoms with Crippen LogP contribution in [0.5, 0.6) is 0 Å². The number of ether oxygens (including phenoxy) is 1. The molecule has 2 aromatic rings. The molecule has 0 aliphatic heterocycles. The third kappa shape index (κ3) is 4.45. The van der Waals surface area contributed by atoms with E-state index >= 15 is 0 Å². The molecular weight excluding hydrogens is 370 g/mol. The first-order chi connectivity index (χ1) is 11.5. The maximum Gasteiger partial charge on any atom is 0.328 e. The van der Waals surface area contributed by atoms with Crippen molar-refractivity contribution >= 4 is 27.8 Å². The molecule has 0 saturated heterocycles. The van der Waals surface area contributed by atoms with Gasteiger partial charge in [0, 0.05) is 11.0 Å². The van der Waals surface area contributed by atoms with Gasteiger partial charge in [-0.05, 0) is 47.5 Å². The van der Waals surface area contributed by atoms with Crippen molar-refractivity contribution in [1.82, 2.24) is 4.90 Å². The number of nitrogens with zero attached hydrogens (tertiary/aromatic N) is 1. The molecule has 5 heteroatoms. The van der Waals surface area contributed by atoms with Crippen LogP contribution < -0.4 is 0 Å². The Bertz CT molecular complexity index is 703. The van der Waals surface area contributed by atoms with Crippen LogP contribution >= 0.6 is 15.9 Å². The van der Waals surface area contributed by atoms with Crippen LogP contribution in [0.25, 0.3) is 0 Å². The summed E-state index contributed by atoms with van der Waals surface area (Å²) < 4.78 is 5.79. The number of hydrogen-bond donors (Lipinski definition) is 0. The van der Waals surface area contributed by atoms with E-state index in [2.05, 4.69) is 15.9 Å². The minimum atomic E-state index is -0.676. The van der Waals surface area contributed by atoms with Crippen LogP contribution in [0.3, 0.4) is 0 Å². The van der Waals surface area contributed by atoms with E-state index in [1.165, 1.54) is 4.90 Å². The maximum absolute atomic E-state index is 13.0. The first-order valence-corrected chi connectivity index (χ1v) is 8.60. The topological polar surface area (TPSA) is 46.6 Å². The van der Waals surface area contributed by atoms with Crippen LogP contribution in [0.4, 0.5) is 0 Å². The number of hydrogen-bond acceptors (Lipinski definition) is 3. The van der Waals surface area contributed by atoms with E-state index in [0.717, 1.165) is 5.56 Å². The summed E-state index contributed by atoms with van der Waals surface area (Å²) in [4.78, 5) is 26.7. The molecule has 0 spiro atoms. The average Bonchev–Trinajstić information content (AvgIpc) is 2.60. The molecule has 2 rings (SSSR count). The summed E-state index contributed by atoms with van der Waals surface area (Å²) in [7, 11) is 0. The second kappa shape index (κ2) is 8.64. The fraction of sp³-hybridized carbons (Fsp3) is 0.263. The Hall–Kier alpha value is -2.14. The van der Waals surface area contributed by atoms with Crippen LogP contribution in [0, 0.1) is 0 Å². The molecule has 126 valence electrons. The van der Waals surface area contributed by atoms with E-state index in [-0.39, 0.29) is 12.5 Å². The van der Waals surface area contributed by atoms with E-state index in [0.29, 0.717) is 16.6 Å². The van der Waals surface area contributed by atoms with Crippen molar-refractivity contribution in [3.63, 3.8) is 0 Å². The first-order valence-electron chi connectivity index (χ1n) is 7.80. The molecule has 0 N–H and O–H groups in total. The monoisotopic (exact) mass is 389 g/mol. The van der Waals surface area contributed by atoms with Gasteiger partial charge in [-0.2, -0.15) is 0 Å². The highest BCUT2D eigenvalue weighted by Crippen LogP contribution is 2.21. The molecule has 0 saturated carbocycles. The zero-order chi connectivity index (χ0) is 17.5. The Kier molecular flexibility index (Phi) is 6.55. The number of rotatable bonds is 6. The lowest BCUT2D eigenvalue weighted by Gasteiger charge is -2.28. The van der Waals surface area contributed by atoms with E-state index in [9.17, 15) is 9.59 Å². The van der Waals surface area contributed by atoms with Gasteiger partial charge in [0.05, 0.1) is 12.2 Å². The van der Waals surface area contributed by atoms with Gasteiger partial charge in [0.15, 0.2) is 0 Å². The Balaban J connectivity index is 2.33. The summed E-state index contributed by atoms with van der Waals surface area (Å²) in [6.45, 7) is 4.06. The molecular formula is C19H20BrNO3. The standard InChI is InChI=1S/C19H20BrNO3/c1-3-24-19(23)14(2)21(13-15-9-5-4-6-10-15)18(22)16-11-7-8-12-17(16)20/h4-12,14H,3,13H2,1-2H3. The number of carbonyl (C=O) groups excluding carboxylic acids is 2. The minimum Gasteiger partial charge on any atom is -0.464 e. The number of esters is 1. The SMILES string of the molecule is CCOC(=O)C(C)N(Cc1ccccc1)C(=O)c1ccccc1Br. The van der Waals surface area contributed by atoms with Gasteiger partial charge in [-0.3, -0.25) is 4.79 Å². The van der Waals surface area contributed by atoms with Crippen LogP contribution in [0.2, 0.25) is 0 Å². The molecule has 0 aliphatic carbocycles. The molecule has 2 aromatic carbocycles. The van der Waals surface area contributed by atoms with E-state index < -0.39 is 12.0 Å². The quantitative estimate of drug-likeness (QED) is 0.700. The van der Waals surface area contributed by atoms with Gasteiger partial charge in [0.2, 0.25) is 0 Å². The molecule has 0 fully saturated rings. The number of carbonyl (C=O) groups is 2. The fourth-order valence-corrected chi connectivity index (χ4v) is 2.80. The van der Waals surface area contributed by atoms with Crippen LogP contribution in [0.1, 0.15) is 29.8 Å². The van der Waals surface area contributed by atoms with Gasteiger partial charge in [0.1, 0.15) is 6.04 Å². The maximum atomic E-state index is 13.0. The van der Waals surface area contributed by atoms with Crippen LogP contribution in [-0.2, 0) is 16.1 Å². The lowest BCUT2D eigenvalue weighted by molar-refractivity contribution is -0.148. The molecule has 0 heterocycles. The summed E-state index contributed by atoms with van der Waals surface area (Å²) in [5.41, 5.74) is 1.47. The van der Waals surface area contributed by atoms with Crippen LogP contribution in [0.15, 0.2) is 59.1 Å². The summed E-state index contributed by atoms with van der Waals surface area (Å²) in [5.74, 6) is -0.624. The predicted octanol–water partition coefficient (Wildman–Crippen LogP) is 4.04. The summed E-state index contributed by atoms with van der Waals surface area (Å²) in [5, 5.41) is 0. The molecule has 24 heavy (non-hydrogen) atoms. The van der Waals surface area contributed by atoms with Crippen LogP contribution in [-0.4, -0.2) is 29.4 Å². The highest BCUT2D eigenvalue weighted by molar-refractivity contribution is 9.10. The average molecular weight is 390 g/mol. The van der Waals surface area contributed by atoms with Gasteiger partial charge in [-0.1, -0.05) is 42.5 Å². The van der Waals surface area contributed by atoms with Crippen molar-refractivity contribution in [2.75, 3.05) is 6.61 Å². The zero-order valence-electron chi connectivity index (χ0n) is 13.7. The molecule has 4 nitrogen and oxygen atoms in total. The van der Waals surface area contributed by atoms with Gasteiger partial charge in [-0.15, -0.1) is 0 Å². The smallest absolute Gasteiger partial charge is 0.328 e. The largest absolute Gasteiger partial charge is 0.464 e. The lowest BCUT2D eigenvalue weighted by atomic mass is 10.1. The number of amides is 1. The van der Waals surface area contributed by atoms with Crippen molar-refractivity contribution in [2.45, 2.75) is 26.4 Å². The Morgan fingerprint density at radius 1 is 1.08 bits per heavy atom. The normalized spacial score (nSPS) is 11.6. The van der Waals surface area contributed by atoms with Crippen molar-refractivity contribution in [3.8, 4) is 0 Å². The van der Waals surface area contributed by atoms with Gasteiger partial charge >= 0.3 is 5.97 Å². The van der Waals surface area contributed by atoms with E-state index in [1.54, 1.807) is 26.0 Å². The van der Waals surface area contributed by atoms with E-state index in [1.807, 2.05) is 42.5 Å². The van der Waals surface area contributed by atoms with Crippen molar-refractivity contribution in [3.05, 3.63) is 70.2 Å². The fourth-order valence-electron chi connectivity index (χ4n) is 2.34. The highest BCUT2D eigenvalue weighted by atomic mass is 79.9. The van der Waals surface area contributed by atoms with Gasteiger partial charge < -0.3 is 9.64 Å². The van der Waals surface area contributed by atoms with E-state index in [4.69, 9.17) is 4.74 Å². The first kappa shape index (κ1) is 18.2. The second-order valence-corrected chi connectivity index (χ2v) is 6.18. The minimum absolute atomic E-state index is 0.216. The van der Waals surface area contributed by atoms with Crippen molar-refractivity contribution in [1.29, 1.82) is 0 Å². The molecule has 0 aromatic heterocycles. The Labute approximate surface area is 150 Å². The molecule has 1 unspecified atom stereocenters. The highest BCUT2D eigenvalue weighted by Gasteiger charge is 2.28. The lowest BCUT2D eigenvalue weighted by Crippen LogP contribution is -2.43. The predicted molar refractivity (Wildman–Crippen MR) is 96.6 cm³/mol. The molecule has 0 radical (unpaired) electrons. The molecule has 0 aliphatic rings. The Morgan fingerprint density at radius 2 is 1.71 bits per heavy atom. The zero-order valence-corrected chi connectivity index (χ0v) is 15.3. The van der Waals surface area contributed by atoms with Gasteiger partial charge in [0.25, 0.3) is 5.91 Å². The third-order valence-corrected chi connectivity index (χ3v) is 4.35. The van der Waals surface area contributed by atoms with Crippen molar-refractivity contribution in [2.24, 2.45) is 0 Å². The third-order valence-electron chi connectivity index (χ3n) is 3.66. The molecule has 1 atom stereocenters. The number of benzene rings is 2. The van der Waals surface area contributed by atoms with Gasteiger partial charge in [-0.25, -0.2) is 4.79 Å². The number of halogens is 1. The summed E-state index contributed by atoms with van der Waals surface area (Å²) in [6, 6.07) is 16.1.